The van der Waals surface area contributed by atoms with E-state index < -0.39 is 24.0 Å². The van der Waals surface area contributed by atoms with Gasteiger partial charge in [0.1, 0.15) is 11.7 Å². The monoisotopic (exact) mass is 431 g/mol. The summed E-state index contributed by atoms with van der Waals surface area (Å²) in [4.78, 5) is 40.5. The third-order valence-corrected chi connectivity index (χ3v) is 7.64. The highest BCUT2D eigenvalue weighted by Gasteiger charge is 2.60. The SMILES string of the molecule is C[C@@H](O)[C@H]1C(=O)N2C(C(=O)O)=C(SC3CN(C(=O)C(N)c4ccccc4)C3)[C@H](C)[C@H]12. The van der Waals surface area contributed by atoms with E-state index in [-0.39, 0.29) is 34.7 Å². The molecule has 3 aliphatic heterocycles. The summed E-state index contributed by atoms with van der Waals surface area (Å²) in [6.45, 7) is 4.41. The van der Waals surface area contributed by atoms with Crippen molar-refractivity contribution in [3.8, 4) is 0 Å². The largest absolute Gasteiger partial charge is 0.477 e. The maximum Gasteiger partial charge on any atom is 0.353 e. The van der Waals surface area contributed by atoms with Gasteiger partial charge in [-0.25, -0.2) is 4.79 Å². The lowest BCUT2D eigenvalue weighted by molar-refractivity contribution is -0.163. The summed E-state index contributed by atoms with van der Waals surface area (Å²) in [5.74, 6) is -2.37. The number of β-lactam (4-membered cyclic amide) rings is 1. The average Bonchev–Trinajstić information content (AvgIpc) is 2.92. The highest BCUT2D eigenvalue weighted by Crippen LogP contribution is 2.51. The van der Waals surface area contributed by atoms with Gasteiger partial charge in [0.15, 0.2) is 0 Å². The highest BCUT2D eigenvalue weighted by atomic mass is 32.2. The van der Waals surface area contributed by atoms with Crippen molar-refractivity contribution < 1.29 is 24.6 Å². The van der Waals surface area contributed by atoms with Gasteiger partial charge in [-0.1, -0.05) is 37.3 Å². The minimum atomic E-state index is -1.14. The molecule has 4 N–H and O–H groups in total. The van der Waals surface area contributed by atoms with Gasteiger partial charge < -0.3 is 25.7 Å². The first-order valence-electron chi connectivity index (χ1n) is 9.97. The molecule has 30 heavy (non-hydrogen) atoms. The lowest BCUT2D eigenvalue weighted by Crippen LogP contribution is -2.63. The lowest BCUT2D eigenvalue weighted by atomic mass is 9.79. The fourth-order valence-corrected chi connectivity index (χ4v) is 6.07. The van der Waals surface area contributed by atoms with Crippen LogP contribution in [0.2, 0.25) is 0 Å². The number of carboxylic acids is 1. The van der Waals surface area contributed by atoms with Crippen LogP contribution in [0.5, 0.6) is 0 Å². The summed E-state index contributed by atoms with van der Waals surface area (Å²) in [5, 5.41) is 19.7. The number of aliphatic hydroxyl groups is 1. The zero-order chi connectivity index (χ0) is 21.7. The van der Waals surface area contributed by atoms with Crippen molar-refractivity contribution in [2.45, 2.75) is 37.3 Å². The molecule has 0 aliphatic carbocycles. The van der Waals surface area contributed by atoms with Gasteiger partial charge in [-0.2, -0.15) is 0 Å². The minimum Gasteiger partial charge on any atom is -0.477 e. The molecule has 0 saturated carbocycles. The molecule has 0 radical (unpaired) electrons. The molecular formula is C21H25N3O5S. The van der Waals surface area contributed by atoms with Gasteiger partial charge in [0, 0.05) is 29.2 Å². The van der Waals surface area contributed by atoms with Crippen molar-refractivity contribution in [1.82, 2.24) is 9.80 Å². The highest BCUT2D eigenvalue weighted by molar-refractivity contribution is 8.03. The molecule has 2 saturated heterocycles. The Bertz CT molecular complexity index is 912. The first-order chi connectivity index (χ1) is 14.2. The molecule has 4 rings (SSSR count). The number of aliphatic carboxylic acids is 1. The first kappa shape index (κ1) is 20.9. The molecule has 8 nitrogen and oxygen atoms in total. The van der Waals surface area contributed by atoms with Crippen molar-refractivity contribution >= 4 is 29.5 Å². The van der Waals surface area contributed by atoms with Gasteiger partial charge in [-0.15, -0.1) is 11.8 Å². The van der Waals surface area contributed by atoms with Crippen LogP contribution < -0.4 is 5.73 Å². The molecule has 3 heterocycles. The number of hydrogen-bond acceptors (Lipinski definition) is 6. The van der Waals surface area contributed by atoms with Gasteiger partial charge in [0.25, 0.3) is 0 Å². The standard InChI is InChI=1S/C21H25N3O5S/c1-10-16-14(11(2)25)19(26)24(16)17(21(28)29)18(10)30-13-8-23(9-13)20(27)15(22)12-6-4-3-5-7-12/h3-7,10-11,13-16,25H,8-9,22H2,1-2H3,(H,28,29)/t10-,11-,14-,15?,16-/m1/s1. The molecule has 1 aromatic carbocycles. The number of hydrogen-bond donors (Lipinski definition) is 3. The van der Waals surface area contributed by atoms with Crippen LogP contribution in [0.3, 0.4) is 0 Å². The number of carboxylic acid groups (broad SMARTS) is 1. The van der Waals surface area contributed by atoms with Crippen LogP contribution in [-0.2, 0) is 14.4 Å². The van der Waals surface area contributed by atoms with Crippen LogP contribution in [0.1, 0.15) is 25.5 Å². The molecule has 0 bridgehead atoms. The number of amides is 2. The molecule has 1 aromatic rings. The molecule has 9 heteroatoms. The molecule has 5 atom stereocenters. The third kappa shape index (κ3) is 3.21. The Morgan fingerprint density at radius 1 is 1.23 bits per heavy atom. The number of nitrogens with zero attached hydrogens (tertiary/aromatic N) is 2. The topological polar surface area (TPSA) is 124 Å². The third-order valence-electron chi connectivity index (χ3n) is 6.19. The number of carbonyl (C=O) groups excluding carboxylic acids is 2. The van der Waals surface area contributed by atoms with Crippen LogP contribution in [0.4, 0.5) is 0 Å². The Kier molecular flexibility index (Phi) is 5.37. The fourth-order valence-electron chi connectivity index (χ4n) is 4.55. The van der Waals surface area contributed by atoms with E-state index in [1.165, 1.54) is 16.7 Å². The number of thioether (sulfide) groups is 1. The second-order valence-electron chi connectivity index (χ2n) is 8.14. The Labute approximate surface area is 178 Å². The number of carbonyl (C=O) groups is 3. The smallest absolute Gasteiger partial charge is 0.353 e. The average molecular weight is 432 g/mol. The number of aliphatic hydroxyl groups excluding tert-OH is 1. The van der Waals surface area contributed by atoms with Crippen molar-refractivity contribution in [2.24, 2.45) is 17.6 Å². The molecule has 3 aliphatic rings. The zero-order valence-electron chi connectivity index (χ0n) is 16.8. The fraction of sp³-hybridized carbons (Fsp3) is 0.476. The molecule has 1 unspecified atom stereocenters. The molecule has 0 spiro atoms. The van der Waals surface area contributed by atoms with Crippen LogP contribution >= 0.6 is 11.8 Å². The van der Waals surface area contributed by atoms with Gasteiger partial charge >= 0.3 is 5.97 Å². The van der Waals surface area contributed by atoms with Crippen molar-refractivity contribution in [3.63, 3.8) is 0 Å². The van der Waals surface area contributed by atoms with E-state index in [1.807, 2.05) is 37.3 Å². The van der Waals surface area contributed by atoms with E-state index >= 15 is 0 Å². The number of rotatable bonds is 6. The van der Waals surface area contributed by atoms with E-state index in [4.69, 9.17) is 5.73 Å². The first-order valence-corrected chi connectivity index (χ1v) is 10.8. The Morgan fingerprint density at radius 3 is 2.43 bits per heavy atom. The van der Waals surface area contributed by atoms with Crippen molar-refractivity contribution in [3.05, 3.63) is 46.5 Å². The van der Waals surface area contributed by atoms with E-state index in [0.717, 1.165) is 5.56 Å². The van der Waals surface area contributed by atoms with Crippen molar-refractivity contribution in [2.75, 3.05) is 13.1 Å². The second kappa shape index (κ2) is 7.72. The predicted octanol–water partition coefficient (Wildman–Crippen LogP) is 0.784. The van der Waals surface area contributed by atoms with Crippen LogP contribution in [0.15, 0.2) is 40.9 Å². The number of likely N-dealkylation sites (tertiary alicyclic amines) is 1. The lowest BCUT2D eigenvalue weighted by Gasteiger charge is -2.46. The van der Waals surface area contributed by atoms with E-state index in [0.29, 0.717) is 18.0 Å². The summed E-state index contributed by atoms with van der Waals surface area (Å²) in [7, 11) is 0. The summed E-state index contributed by atoms with van der Waals surface area (Å²) in [6, 6.07) is 8.13. The van der Waals surface area contributed by atoms with E-state index in [2.05, 4.69) is 0 Å². The number of nitrogens with two attached hydrogens (primary N) is 1. The Morgan fingerprint density at radius 2 is 1.87 bits per heavy atom. The van der Waals surface area contributed by atoms with E-state index in [9.17, 15) is 24.6 Å². The minimum absolute atomic E-state index is 0.0187. The van der Waals surface area contributed by atoms with Crippen LogP contribution in [0, 0.1) is 11.8 Å². The van der Waals surface area contributed by atoms with Crippen LogP contribution in [0.25, 0.3) is 0 Å². The second-order valence-corrected chi connectivity index (χ2v) is 9.49. The number of fused-ring (bicyclic) bond motifs is 1. The van der Waals surface area contributed by atoms with Gasteiger partial charge in [-0.05, 0) is 12.5 Å². The molecular weight excluding hydrogens is 406 g/mol. The van der Waals surface area contributed by atoms with Crippen LogP contribution in [-0.4, -0.2) is 68.3 Å². The molecule has 0 aromatic heterocycles. The predicted molar refractivity (Wildman–Crippen MR) is 111 cm³/mol. The maximum atomic E-state index is 12.6. The van der Waals surface area contributed by atoms with Crippen molar-refractivity contribution in [1.29, 1.82) is 0 Å². The normalized spacial score (nSPS) is 28.0. The van der Waals surface area contributed by atoms with Gasteiger partial charge in [0.05, 0.1) is 18.1 Å². The maximum absolute atomic E-state index is 12.6. The Hall–Kier alpha value is -2.36. The quantitative estimate of drug-likeness (QED) is 0.569. The van der Waals surface area contributed by atoms with Gasteiger partial charge in [0.2, 0.25) is 11.8 Å². The Balaban J connectivity index is 1.42. The van der Waals surface area contributed by atoms with E-state index in [1.54, 1.807) is 11.8 Å². The molecule has 2 fully saturated rings. The number of benzene rings is 1. The summed E-state index contributed by atoms with van der Waals surface area (Å²) in [6.07, 6.45) is -0.822. The zero-order valence-corrected chi connectivity index (χ0v) is 17.6. The molecule has 160 valence electrons. The summed E-state index contributed by atoms with van der Waals surface area (Å²) >= 11 is 1.42. The summed E-state index contributed by atoms with van der Waals surface area (Å²) < 4.78 is 0. The summed E-state index contributed by atoms with van der Waals surface area (Å²) in [5.41, 5.74) is 6.87. The van der Waals surface area contributed by atoms with Gasteiger partial charge in [-0.3, -0.25) is 9.59 Å². The molecule has 2 amide bonds.